The number of nitrogens with zero attached hydrogens (tertiary/aromatic N) is 4. The van der Waals surface area contributed by atoms with Crippen LogP contribution >= 0.6 is 11.3 Å². The summed E-state index contributed by atoms with van der Waals surface area (Å²) in [5.41, 5.74) is 2.62. The van der Waals surface area contributed by atoms with Crippen molar-refractivity contribution in [1.82, 2.24) is 20.5 Å². The fourth-order valence-corrected chi connectivity index (χ4v) is 4.82. The number of amides is 1. The lowest BCUT2D eigenvalue weighted by Gasteiger charge is -2.31. The van der Waals surface area contributed by atoms with Crippen LogP contribution in [-0.2, 0) is 11.3 Å². The Balaban J connectivity index is 1.10. The molecule has 1 saturated heterocycles. The minimum atomic E-state index is -0.00806. The Hall–Kier alpha value is -3.72. The second-order valence-corrected chi connectivity index (χ2v) is 8.96. The highest BCUT2D eigenvalue weighted by Gasteiger charge is 2.26. The van der Waals surface area contributed by atoms with Crippen LogP contribution in [0.2, 0.25) is 0 Å². The van der Waals surface area contributed by atoms with E-state index in [9.17, 15) is 4.79 Å². The van der Waals surface area contributed by atoms with Crippen LogP contribution in [0.4, 0.5) is 5.82 Å². The van der Waals surface area contributed by atoms with Crippen molar-refractivity contribution < 1.29 is 13.9 Å². The minimum Gasteiger partial charge on any atom is -0.497 e. The van der Waals surface area contributed by atoms with E-state index in [-0.39, 0.29) is 11.8 Å². The van der Waals surface area contributed by atoms with Crippen molar-refractivity contribution in [3.05, 3.63) is 65.9 Å². The molecule has 1 aromatic carbocycles. The molecule has 1 aliphatic heterocycles. The summed E-state index contributed by atoms with van der Waals surface area (Å²) in [5, 5.41) is 14.6. The Morgan fingerprint density at radius 3 is 2.65 bits per heavy atom. The first-order chi connectivity index (χ1) is 16.7. The molecule has 0 bridgehead atoms. The van der Waals surface area contributed by atoms with Crippen molar-refractivity contribution in [3.8, 4) is 27.8 Å². The van der Waals surface area contributed by atoms with Crippen LogP contribution in [0.1, 0.15) is 18.5 Å². The Morgan fingerprint density at radius 1 is 1.15 bits per heavy atom. The van der Waals surface area contributed by atoms with Gasteiger partial charge in [0.25, 0.3) is 0 Å². The molecule has 1 amide bonds. The molecule has 0 spiro atoms. The predicted molar refractivity (Wildman–Crippen MR) is 131 cm³/mol. The van der Waals surface area contributed by atoms with Gasteiger partial charge in [0.2, 0.25) is 5.91 Å². The molecule has 1 aliphatic rings. The number of hydrogen-bond acceptors (Lipinski definition) is 8. The monoisotopic (exact) mass is 475 g/mol. The summed E-state index contributed by atoms with van der Waals surface area (Å²) in [4.78, 5) is 19.6. The summed E-state index contributed by atoms with van der Waals surface area (Å²) in [6.45, 7) is 1.97. The van der Waals surface area contributed by atoms with E-state index in [1.54, 1.807) is 24.7 Å². The third-order valence-corrected chi connectivity index (χ3v) is 6.89. The van der Waals surface area contributed by atoms with Crippen LogP contribution in [0.15, 0.2) is 64.6 Å². The van der Waals surface area contributed by atoms with Crippen LogP contribution in [0.5, 0.6) is 5.75 Å². The van der Waals surface area contributed by atoms with Crippen molar-refractivity contribution in [2.75, 3.05) is 25.1 Å². The summed E-state index contributed by atoms with van der Waals surface area (Å²) in [6, 6.07) is 15.4. The number of methoxy groups -OCH3 is 1. The average molecular weight is 476 g/mol. The second-order valence-electron chi connectivity index (χ2n) is 8.11. The Kier molecular flexibility index (Phi) is 6.53. The molecular formula is C25H25N5O3S. The molecule has 4 aromatic rings. The number of furan rings is 1. The standard InChI is InChI=1S/C25H25N5O3S/c1-32-20-6-4-18(5-7-20)25-27-19(16-34-25)15-26-24(31)17-10-12-30(13-11-17)23-9-8-21(28-29-23)22-3-2-14-33-22/h2-9,14,16-17H,10-13,15H2,1H3,(H,26,31). The third kappa shape index (κ3) is 4.94. The van der Waals surface area contributed by atoms with Gasteiger partial charge in [-0.1, -0.05) is 0 Å². The largest absolute Gasteiger partial charge is 0.497 e. The second kappa shape index (κ2) is 10.0. The van der Waals surface area contributed by atoms with E-state index in [0.717, 1.165) is 53.8 Å². The number of nitrogens with one attached hydrogen (secondary N) is 1. The first-order valence-electron chi connectivity index (χ1n) is 11.2. The molecule has 1 fully saturated rings. The number of carbonyl (C=O) groups excluding carboxylic acids is 1. The van der Waals surface area contributed by atoms with Crippen LogP contribution in [0, 0.1) is 5.92 Å². The number of thiazole rings is 1. The number of rotatable bonds is 7. The number of ether oxygens (including phenoxy) is 1. The Bertz CT molecular complexity index is 1210. The summed E-state index contributed by atoms with van der Waals surface area (Å²) in [5.74, 6) is 2.41. The van der Waals surface area contributed by atoms with Crippen molar-refractivity contribution in [2.24, 2.45) is 5.92 Å². The van der Waals surface area contributed by atoms with Crippen molar-refractivity contribution >= 4 is 23.1 Å². The first-order valence-corrected chi connectivity index (χ1v) is 12.1. The van der Waals surface area contributed by atoms with E-state index in [4.69, 9.17) is 9.15 Å². The normalized spacial score (nSPS) is 14.2. The molecule has 174 valence electrons. The fourth-order valence-electron chi connectivity index (χ4n) is 4.00. The minimum absolute atomic E-state index is 0.00806. The lowest BCUT2D eigenvalue weighted by atomic mass is 9.96. The van der Waals surface area contributed by atoms with E-state index < -0.39 is 0 Å². The van der Waals surface area contributed by atoms with Gasteiger partial charge in [-0.3, -0.25) is 4.79 Å². The Labute approximate surface area is 201 Å². The van der Waals surface area contributed by atoms with E-state index in [2.05, 4.69) is 25.4 Å². The van der Waals surface area contributed by atoms with Crippen LogP contribution in [0.25, 0.3) is 22.0 Å². The van der Waals surface area contributed by atoms with Crippen molar-refractivity contribution in [2.45, 2.75) is 19.4 Å². The van der Waals surface area contributed by atoms with Gasteiger partial charge in [0.1, 0.15) is 16.5 Å². The number of aromatic nitrogens is 3. The van der Waals surface area contributed by atoms with Gasteiger partial charge in [-0.25, -0.2) is 4.98 Å². The number of piperidine rings is 1. The smallest absolute Gasteiger partial charge is 0.223 e. The topological polar surface area (TPSA) is 93.4 Å². The van der Waals surface area contributed by atoms with Gasteiger partial charge in [-0.05, 0) is 61.4 Å². The number of hydrogen-bond donors (Lipinski definition) is 1. The molecule has 9 heteroatoms. The van der Waals surface area contributed by atoms with Gasteiger partial charge in [0, 0.05) is 30.0 Å². The summed E-state index contributed by atoms with van der Waals surface area (Å²) in [6.07, 6.45) is 3.18. The highest BCUT2D eigenvalue weighted by Crippen LogP contribution is 2.26. The zero-order valence-corrected chi connectivity index (χ0v) is 19.6. The number of anilines is 1. The highest BCUT2D eigenvalue weighted by molar-refractivity contribution is 7.13. The lowest BCUT2D eigenvalue weighted by Crippen LogP contribution is -2.40. The molecule has 0 aliphatic carbocycles. The van der Waals surface area contributed by atoms with E-state index in [1.807, 2.05) is 53.9 Å². The van der Waals surface area contributed by atoms with Gasteiger partial charge in [-0.15, -0.1) is 21.5 Å². The van der Waals surface area contributed by atoms with Crippen LogP contribution < -0.4 is 15.0 Å². The molecule has 4 heterocycles. The molecule has 0 radical (unpaired) electrons. The molecule has 0 atom stereocenters. The van der Waals surface area contributed by atoms with E-state index >= 15 is 0 Å². The molecule has 5 rings (SSSR count). The maximum Gasteiger partial charge on any atom is 0.223 e. The average Bonchev–Trinajstić information content (AvgIpc) is 3.60. The van der Waals surface area contributed by atoms with Crippen LogP contribution in [0.3, 0.4) is 0 Å². The zero-order chi connectivity index (χ0) is 23.3. The van der Waals surface area contributed by atoms with Gasteiger partial charge < -0.3 is 19.4 Å². The third-order valence-electron chi connectivity index (χ3n) is 5.95. The number of carbonyl (C=O) groups is 1. The van der Waals surface area contributed by atoms with E-state index in [0.29, 0.717) is 18.0 Å². The number of benzene rings is 1. The molecule has 1 N–H and O–H groups in total. The SMILES string of the molecule is COc1ccc(-c2nc(CNC(=O)C3CCN(c4ccc(-c5ccco5)nn4)CC3)cs2)cc1. The van der Waals surface area contributed by atoms with Crippen molar-refractivity contribution in [1.29, 1.82) is 0 Å². The summed E-state index contributed by atoms with van der Waals surface area (Å²) >= 11 is 1.57. The van der Waals surface area contributed by atoms with Crippen molar-refractivity contribution in [3.63, 3.8) is 0 Å². The highest BCUT2D eigenvalue weighted by atomic mass is 32.1. The molecule has 0 unspecified atom stereocenters. The lowest BCUT2D eigenvalue weighted by molar-refractivity contribution is -0.125. The van der Waals surface area contributed by atoms with E-state index in [1.165, 1.54) is 0 Å². The molecule has 8 nitrogen and oxygen atoms in total. The molecular weight excluding hydrogens is 450 g/mol. The quantitative estimate of drug-likeness (QED) is 0.423. The molecule has 34 heavy (non-hydrogen) atoms. The van der Waals surface area contributed by atoms with Gasteiger partial charge in [-0.2, -0.15) is 0 Å². The Morgan fingerprint density at radius 2 is 1.97 bits per heavy atom. The summed E-state index contributed by atoms with van der Waals surface area (Å²) < 4.78 is 10.6. The van der Waals surface area contributed by atoms with Gasteiger partial charge >= 0.3 is 0 Å². The first kappa shape index (κ1) is 22.1. The predicted octanol–water partition coefficient (Wildman–Crippen LogP) is 4.40. The fraction of sp³-hybridized carbons (Fsp3) is 0.280. The molecule has 0 saturated carbocycles. The van der Waals surface area contributed by atoms with Gasteiger partial charge in [0.15, 0.2) is 11.6 Å². The summed E-state index contributed by atoms with van der Waals surface area (Å²) in [7, 11) is 1.65. The maximum absolute atomic E-state index is 12.7. The van der Waals surface area contributed by atoms with Gasteiger partial charge in [0.05, 0.1) is 25.6 Å². The van der Waals surface area contributed by atoms with Crippen LogP contribution in [-0.4, -0.2) is 41.3 Å². The maximum atomic E-state index is 12.7. The molecule has 3 aromatic heterocycles. The zero-order valence-electron chi connectivity index (χ0n) is 18.8.